The molecule has 1 aromatic carbocycles. The van der Waals surface area contributed by atoms with Crippen molar-refractivity contribution in [2.75, 3.05) is 6.61 Å². The first kappa shape index (κ1) is 9.21. The minimum Gasteiger partial charge on any atom is -0.485 e. The molecule has 68 valence electrons. The fraction of sp³-hybridized carbons (Fsp3) is 0.222. The molecule has 0 amide bonds. The van der Waals surface area contributed by atoms with Crippen molar-refractivity contribution in [2.45, 2.75) is 6.10 Å². The Kier molecular flexibility index (Phi) is 2.69. The van der Waals surface area contributed by atoms with Crippen LogP contribution in [0.15, 0.2) is 24.3 Å². The number of benzene rings is 1. The van der Waals surface area contributed by atoms with Crippen molar-refractivity contribution in [3.05, 3.63) is 24.3 Å². The topological polar surface area (TPSA) is 18.5 Å². The largest absolute Gasteiger partial charge is 0.485 e. The van der Waals surface area contributed by atoms with Crippen LogP contribution in [0.3, 0.4) is 0 Å². The molecular weight excluding hydrogens is 299 g/mol. The molecule has 0 saturated carbocycles. The number of para-hydroxylation sites is 2. The Bertz CT molecular complexity index is 340. The maximum atomic E-state index is 5.62. The molecule has 13 heavy (non-hydrogen) atoms. The zero-order valence-electron chi connectivity index (χ0n) is 6.70. The van der Waals surface area contributed by atoms with Crippen LogP contribution in [-0.4, -0.2) is 15.6 Å². The van der Waals surface area contributed by atoms with E-state index in [1.807, 2.05) is 24.3 Å². The van der Waals surface area contributed by atoms with Crippen molar-refractivity contribution in [3.63, 3.8) is 0 Å². The second kappa shape index (κ2) is 3.79. The summed E-state index contributed by atoms with van der Waals surface area (Å²) in [4.78, 5) is 0. The first-order chi connectivity index (χ1) is 6.27. The van der Waals surface area contributed by atoms with E-state index in [4.69, 9.17) is 21.7 Å². The smallest absolute Gasteiger partial charge is 0.173 e. The molecule has 1 heterocycles. The van der Waals surface area contributed by atoms with Crippen LogP contribution in [0.4, 0.5) is 0 Å². The quantitative estimate of drug-likeness (QED) is 0.451. The Labute approximate surface area is 95.4 Å². The molecule has 0 radical (unpaired) electrons. The van der Waals surface area contributed by atoms with E-state index in [-0.39, 0.29) is 6.10 Å². The molecule has 1 atom stereocenters. The normalized spacial score (nSPS) is 19.6. The monoisotopic (exact) mass is 306 g/mol. The first-order valence-corrected chi connectivity index (χ1v) is 5.34. The second-order valence-electron chi connectivity index (χ2n) is 2.67. The molecular formula is C9H7IO2S. The summed E-state index contributed by atoms with van der Waals surface area (Å²) < 4.78 is 11.9. The van der Waals surface area contributed by atoms with Crippen LogP contribution in [0.2, 0.25) is 0 Å². The van der Waals surface area contributed by atoms with Gasteiger partial charge in [0.1, 0.15) is 6.61 Å². The van der Waals surface area contributed by atoms with Crippen LogP contribution >= 0.6 is 34.8 Å². The van der Waals surface area contributed by atoms with Gasteiger partial charge in [-0.05, 0) is 34.7 Å². The summed E-state index contributed by atoms with van der Waals surface area (Å²) in [5, 5.41) is 0. The summed E-state index contributed by atoms with van der Waals surface area (Å²) in [5.41, 5.74) is 0. The SMILES string of the molecule is S=C(I)C1COc2ccccc2O1. The summed E-state index contributed by atoms with van der Waals surface area (Å²) in [6.07, 6.45) is -0.0921. The van der Waals surface area contributed by atoms with Crippen molar-refractivity contribution in [2.24, 2.45) is 0 Å². The van der Waals surface area contributed by atoms with E-state index in [2.05, 4.69) is 22.6 Å². The maximum absolute atomic E-state index is 5.62. The van der Waals surface area contributed by atoms with Gasteiger partial charge in [0.2, 0.25) is 0 Å². The second-order valence-corrected chi connectivity index (χ2v) is 5.00. The van der Waals surface area contributed by atoms with Crippen LogP contribution in [0.25, 0.3) is 0 Å². The van der Waals surface area contributed by atoms with Crippen LogP contribution < -0.4 is 9.47 Å². The summed E-state index contributed by atoms with van der Waals surface area (Å²) in [6, 6.07) is 7.61. The Balaban J connectivity index is 2.24. The molecule has 0 aliphatic carbocycles. The fourth-order valence-corrected chi connectivity index (χ4v) is 1.55. The number of thiocarbonyl (C=S) groups is 1. The van der Waals surface area contributed by atoms with Gasteiger partial charge in [-0.2, -0.15) is 0 Å². The average Bonchev–Trinajstić information content (AvgIpc) is 2.17. The number of hydrogen-bond donors (Lipinski definition) is 0. The Morgan fingerprint density at radius 1 is 1.38 bits per heavy atom. The van der Waals surface area contributed by atoms with E-state index in [0.717, 1.165) is 14.4 Å². The van der Waals surface area contributed by atoms with Gasteiger partial charge < -0.3 is 9.47 Å². The predicted octanol–water partition coefficient (Wildman–Crippen LogP) is 2.59. The highest BCUT2D eigenvalue weighted by atomic mass is 127. The number of ether oxygens (including phenoxy) is 2. The van der Waals surface area contributed by atoms with Crippen LogP contribution in [0.1, 0.15) is 0 Å². The van der Waals surface area contributed by atoms with E-state index in [9.17, 15) is 0 Å². The predicted molar refractivity (Wildman–Crippen MR) is 63.0 cm³/mol. The molecule has 0 spiro atoms. The molecule has 1 aromatic rings. The summed E-state index contributed by atoms with van der Waals surface area (Å²) in [7, 11) is 0. The van der Waals surface area contributed by atoms with Gasteiger partial charge in [-0.15, -0.1) is 0 Å². The third-order valence-corrected chi connectivity index (χ3v) is 2.72. The lowest BCUT2D eigenvalue weighted by Crippen LogP contribution is -2.32. The zero-order valence-corrected chi connectivity index (χ0v) is 9.67. The van der Waals surface area contributed by atoms with Crippen molar-refractivity contribution >= 4 is 37.7 Å². The zero-order chi connectivity index (χ0) is 9.26. The van der Waals surface area contributed by atoms with Gasteiger partial charge >= 0.3 is 0 Å². The van der Waals surface area contributed by atoms with E-state index < -0.39 is 0 Å². The maximum Gasteiger partial charge on any atom is 0.173 e. The standard InChI is InChI=1S/C9H7IO2S/c10-9(13)8-5-11-6-3-1-2-4-7(6)12-8/h1-4,8H,5H2. The lowest BCUT2D eigenvalue weighted by Gasteiger charge is -2.25. The van der Waals surface area contributed by atoms with Gasteiger partial charge in [0.25, 0.3) is 0 Å². The van der Waals surface area contributed by atoms with E-state index in [1.165, 1.54) is 0 Å². The molecule has 0 fully saturated rings. The first-order valence-electron chi connectivity index (χ1n) is 3.85. The third kappa shape index (κ3) is 1.94. The molecule has 0 saturated heterocycles. The Morgan fingerprint density at radius 3 is 2.77 bits per heavy atom. The van der Waals surface area contributed by atoms with Gasteiger partial charge in [-0.3, -0.25) is 0 Å². The van der Waals surface area contributed by atoms with Crippen LogP contribution in [0, 0.1) is 0 Å². The van der Waals surface area contributed by atoms with E-state index in [0.29, 0.717) is 6.61 Å². The molecule has 4 heteroatoms. The molecule has 0 bridgehead atoms. The van der Waals surface area contributed by atoms with E-state index in [1.54, 1.807) is 0 Å². The molecule has 1 aliphatic heterocycles. The lowest BCUT2D eigenvalue weighted by atomic mass is 10.3. The highest BCUT2D eigenvalue weighted by Crippen LogP contribution is 2.31. The number of halogens is 1. The van der Waals surface area contributed by atoms with Gasteiger partial charge in [-0.25, -0.2) is 0 Å². The van der Waals surface area contributed by atoms with E-state index >= 15 is 0 Å². The number of fused-ring (bicyclic) bond motifs is 1. The fourth-order valence-electron chi connectivity index (χ4n) is 1.13. The van der Waals surface area contributed by atoms with Gasteiger partial charge in [0.15, 0.2) is 17.6 Å². The molecule has 0 N–H and O–H groups in total. The molecule has 2 rings (SSSR count). The van der Waals surface area contributed by atoms with Crippen LogP contribution in [0.5, 0.6) is 11.5 Å². The molecule has 0 aromatic heterocycles. The number of rotatable bonds is 1. The molecule has 1 aliphatic rings. The molecule has 2 nitrogen and oxygen atoms in total. The van der Waals surface area contributed by atoms with Gasteiger partial charge in [0, 0.05) is 0 Å². The summed E-state index contributed by atoms with van der Waals surface area (Å²) in [6.45, 7) is 0.513. The van der Waals surface area contributed by atoms with Gasteiger partial charge in [0.05, 0.1) is 2.87 Å². The van der Waals surface area contributed by atoms with Crippen molar-refractivity contribution < 1.29 is 9.47 Å². The Hall–Kier alpha value is -0.360. The minimum absolute atomic E-state index is 0.0921. The highest BCUT2D eigenvalue weighted by molar-refractivity contribution is 14.1. The lowest BCUT2D eigenvalue weighted by molar-refractivity contribution is 0.138. The third-order valence-electron chi connectivity index (χ3n) is 1.76. The molecule has 1 unspecified atom stereocenters. The summed E-state index contributed by atoms with van der Waals surface area (Å²) in [5.74, 6) is 1.57. The average molecular weight is 306 g/mol. The van der Waals surface area contributed by atoms with Crippen LogP contribution in [-0.2, 0) is 0 Å². The minimum atomic E-state index is -0.0921. The summed E-state index contributed by atoms with van der Waals surface area (Å²) >= 11 is 7.11. The van der Waals surface area contributed by atoms with Crippen molar-refractivity contribution in [3.8, 4) is 11.5 Å². The van der Waals surface area contributed by atoms with Gasteiger partial charge in [-0.1, -0.05) is 24.4 Å². The van der Waals surface area contributed by atoms with Crippen molar-refractivity contribution in [1.29, 1.82) is 0 Å². The number of hydrogen-bond acceptors (Lipinski definition) is 3. The highest BCUT2D eigenvalue weighted by Gasteiger charge is 2.22. The van der Waals surface area contributed by atoms with Crippen molar-refractivity contribution in [1.82, 2.24) is 0 Å². The Morgan fingerprint density at radius 2 is 2.08 bits per heavy atom.